The molecule has 1 aliphatic rings. The molecule has 0 aromatic heterocycles. The van der Waals surface area contributed by atoms with Gasteiger partial charge in [0.05, 0.1) is 24.3 Å². The van der Waals surface area contributed by atoms with Gasteiger partial charge in [-0.2, -0.15) is 0 Å². The van der Waals surface area contributed by atoms with Gasteiger partial charge in [0, 0.05) is 37.6 Å². The van der Waals surface area contributed by atoms with Gasteiger partial charge in [-0.3, -0.25) is 24.2 Å². The number of nitrogens with zero attached hydrogens (tertiary/aromatic N) is 2. The van der Waals surface area contributed by atoms with E-state index in [1.807, 2.05) is 61.5 Å². The Hall–Kier alpha value is -4.01. The van der Waals surface area contributed by atoms with Crippen LogP contribution < -0.4 is 16.0 Å². The zero-order valence-corrected chi connectivity index (χ0v) is 20.4. The van der Waals surface area contributed by atoms with E-state index in [2.05, 4.69) is 25.8 Å². The first kappa shape index (κ1) is 25.1. The van der Waals surface area contributed by atoms with E-state index in [1.54, 1.807) is 24.3 Å². The highest BCUT2D eigenvalue weighted by Crippen LogP contribution is 2.18. The van der Waals surface area contributed by atoms with Crippen LogP contribution in [-0.2, 0) is 9.59 Å². The number of nitrogens with one attached hydrogen (secondary N) is 3. The lowest BCUT2D eigenvalue weighted by Crippen LogP contribution is -2.50. The van der Waals surface area contributed by atoms with Crippen LogP contribution in [0.2, 0.25) is 0 Å². The van der Waals surface area contributed by atoms with Crippen molar-refractivity contribution in [2.75, 3.05) is 55.2 Å². The second-order valence-electron chi connectivity index (χ2n) is 8.88. The van der Waals surface area contributed by atoms with E-state index in [0.29, 0.717) is 49.7 Å². The van der Waals surface area contributed by atoms with Crippen LogP contribution in [0.4, 0.5) is 17.1 Å². The van der Waals surface area contributed by atoms with Gasteiger partial charge in [-0.1, -0.05) is 48.0 Å². The molecular weight excluding hydrogens is 454 g/mol. The first-order valence-electron chi connectivity index (χ1n) is 12.0. The van der Waals surface area contributed by atoms with E-state index in [0.717, 1.165) is 11.3 Å². The molecule has 186 valence electrons. The fourth-order valence-electron chi connectivity index (χ4n) is 4.05. The molecular formula is C28H31N5O3. The lowest BCUT2D eigenvalue weighted by Gasteiger charge is -2.33. The average Bonchev–Trinajstić information content (AvgIpc) is 2.87. The molecule has 1 aliphatic heterocycles. The minimum Gasteiger partial charge on any atom is -0.325 e. The minimum absolute atomic E-state index is 0.0459. The average molecular weight is 486 g/mol. The maximum absolute atomic E-state index is 12.7. The fourth-order valence-corrected chi connectivity index (χ4v) is 4.05. The van der Waals surface area contributed by atoms with E-state index < -0.39 is 0 Å². The van der Waals surface area contributed by atoms with E-state index in [-0.39, 0.29) is 24.3 Å². The summed E-state index contributed by atoms with van der Waals surface area (Å²) < 4.78 is 0. The summed E-state index contributed by atoms with van der Waals surface area (Å²) in [6.45, 7) is 5.31. The molecule has 0 spiro atoms. The number of carbonyl (C=O) groups excluding carboxylic acids is 3. The molecule has 3 amide bonds. The first-order valence-corrected chi connectivity index (χ1v) is 12.0. The van der Waals surface area contributed by atoms with Gasteiger partial charge in [0.1, 0.15) is 0 Å². The molecule has 1 fully saturated rings. The van der Waals surface area contributed by atoms with Gasteiger partial charge >= 0.3 is 0 Å². The lowest BCUT2D eigenvalue weighted by atomic mass is 10.1. The Balaban J connectivity index is 1.23. The molecule has 3 aromatic rings. The summed E-state index contributed by atoms with van der Waals surface area (Å²) in [6, 6.07) is 23.9. The third-order valence-electron chi connectivity index (χ3n) is 6.01. The van der Waals surface area contributed by atoms with Crippen LogP contribution in [0, 0.1) is 6.92 Å². The fraction of sp³-hybridized carbons (Fsp3) is 0.250. The maximum Gasteiger partial charge on any atom is 0.257 e. The van der Waals surface area contributed by atoms with Crippen LogP contribution in [0.3, 0.4) is 0 Å². The van der Waals surface area contributed by atoms with Crippen LogP contribution >= 0.6 is 0 Å². The maximum atomic E-state index is 12.7. The highest BCUT2D eigenvalue weighted by Gasteiger charge is 2.21. The van der Waals surface area contributed by atoms with Gasteiger partial charge in [0.15, 0.2) is 0 Å². The number of carbonyl (C=O) groups is 3. The topological polar surface area (TPSA) is 93.8 Å². The number of aryl methyl sites for hydroxylation is 1. The molecule has 4 rings (SSSR count). The van der Waals surface area contributed by atoms with Crippen molar-refractivity contribution in [3.63, 3.8) is 0 Å². The van der Waals surface area contributed by atoms with Crippen LogP contribution in [-0.4, -0.2) is 66.8 Å². The Morgan fingerprint density at radius 3 is 1.81 bits per heavy atom. The van der Waals surface area contributed by atoms with Crippen molar-refractivity contribution in [3.8, 4) is 0 Å². The summed E-state index contributed by atoms with van der Waals surface area (Å²) in [6.07, 6.45) is 0. The molecule has 8 nitrogen and oxygen atoms in total. The highest BCUT2D eigenvalue weighted by molar-refractivity contribution is 6.10. The molecule has 0 atom stereocenters. The largest absolute Gasteiger partial charge is 0.325 e. The van der Waals surface area contributed by atoms with E-state index in [9.17, 15) is 14.4 Å². The third-order valence-corrected chi connectivity index (χ3v) is 6.01. The summed E-state index contributed by atoms with van der Waals surface area (Å²) >= 11 is 0. The lowest BCUT2D eigenvalue weighted by molar-refractivity contribution is -0.120. The van der Waals surface area contributed by atoms with Gasteiger partial charge in [0.25, 0.3) is 5.91 Å². The number of hydrogen-bond donors (Lipinski definition) is 3. The van der Waals surface area contributed by atoms with E-state index in [1.165, 1.54) is 0 Å². The zero-order chi connectivity index (χ0) is 25.3. The summed E-state index contributed by atoms with van der Waals surface area (Å²) in [4.78, 5) is 42.0. The standard InChI is InChI=1S/C28H31N5O3/c1-21-11-13-23(14-12-21)29-26(34)19-32-15-17-33(18-16-32)20-27(35)31-25-10-6-5-9-24(25)28(36)30-22-7-3-2-4-8-22/h2-14H,15-20H2,1H3,(H,29,34)(H,30,36)(H,31,35). The Labute approximate surface area is 211 Å². The normalized spacial score (nSPS) is 14.1. The van der Waals surface area contributed by atoms with Crippen molar-refractivity contribution >= 4 is 34.8 Å². The Bertz CT molecular complexity index is 1190. The molecule has 3 N–H and O–H groups in total. The van der Waals surface area contributed by atoms with Crippen LogP contribution in [0.5, 0.6) is 0 Å². The molecule has 36 heavy (non-hydrogen) atoms. The van der Waals surface area contributed by atoms with E-state index in [4.69, 9.17) is 0 Å². The molecule has 1 saturated heterocycles. The minimum atomic E-state index is -0.283. The van der Waals surface area contributed by atoms with Gasteiger partial charge in [-0.25, -0.2) is 0 Å². The summed E-state index contributed by atoms with van der Waals surface area (Å²) in [5, 5.41) is 8.66. The van der Waals surface area contributed by atoms with Crippen molar-refractivity contribution in [2.45, 2.75) is 6.92 Å². The van der Waals surface area contributed by atoms with E-state index >= 15 is 0 Å². The number of benzene rings is 3. The first-order chi connectivity index (χ1) is 17.5. The molecule has 0 bridgehead atoms. The SMILES string of the molecule is Cc1ccc(NC(=O)CN2CCN(CC(=O)Nc3ccccc3C(=O)Nc3ccccc3)CC2)cc1. The number of para-hydroxylation sites is 2. The van der Waals surface area contributed by atoms with Crippen molar-refractivity contribution in [3.05, 3.63) is 90.0 Å². The smallest absolute Gasteiger partial charge is 0.257 e. The molecule has 8 heteroatoms. The second-order valence-corrected chi connectivity index (χ2v) is 8.88. The zero-order valence-electron chi connectivity index (χ0n) is 20.4. The second kappa shape index (κ2) is 12.1. The Morgan fingerprint density at radius 1 is 0.639 bits per heavy atom. The van der Waals surface area contributed by atoms with Gasteiger partial charge in [-0.05, 0) is 43.3 Å². The van der Waals surface area contributed by atoms with Crippen molar-refractivity contribution < 1.29 is 14.4 Å². The quantitative estimate of drug-likeness (QED) is 0.455. The number of piperazine rings is 1. The van der Waals surface area contributed by atoms with Crippen molar-refractivity contribution in [1.82, 2.24) is 9.80 Å². The molecule has 1 heterocycles. The summed E-state index contributed by atoms with van der Waals surface area (Å²) in [7, 11) is 0. The predicted molar refractivity (Wildman–Crippen MR) is 142 cm³/mol. The number of anilines is 3. The van der Waals surface area contributed by atoms with Crippen LogP contribution in [0.1, 0.15) is 15.9 Å². The monoisotopic (exact) mass is 485 g/mol. The molecule has 0 unspecified atom stereocenters. The highest BCUT2D eigenvalue weighted by atomic mass is 16.2. The molecule has 0 radical (unpaired) electrons. The number of rotatable bonds is 8. The van der Waals surface area contributed by atoms with Crippen molar-refractivity contribution in [2.24, 2.45) is 0 Å². The number of hydrogen-bond acceptors (Lipinski definition) is 5. The Kier molecular flexibility index (Phi) is 8.44. The molecule has 3 aromatic carbocycles. The number of amides is 3. The summed E-state index contributed by atoms with van der Waals surface area (Å²) in [5.74, 6) is -0.509. The summed E-state index contributed by atoms with van der Waals surface area (Å²) in [5.41, 5.74) is 3.50. The van der Waals surface area contributed by atoms with Gasteiger partial charge in [0.2, 0.25) is 11.8 Å². The van der Waals surface area contributed by atoms with Gasteiger partial charge < -0.3 is 16.0 Å². The van der Waals surface area contributed by atoms with Crippen LogP contribution in [0.15, 0.2) is 78.9 Å². The van der Waals surface area contributed by atoms with Crippen molar-refractivity contribution in [1.29, 1.82) is 0 Å². The molecule has 0 aliphatic carbocycles. The molecule has 0 saturated carbocycles. The Morgan fingerprint density at radius 2 is 1.17 bits per heavy atom. The van der Waals surface area contributed by atoms with Gasteiger partial charge in [-0.15, -0.1) is 0 Å². The third kappa shape index (κ3) is 7.24. The predicted octanol–water partition coefficient (Wildman–Crippen LogP) is 3.44. The van der Waals surface area contributed by atoms with Crippen LogP contribution in [0.25, 0.3) is 0 Å².